The summed E-state index contributed by atoms with van der Waals surface area (Å²) in [7, 11) is 3.17. The molecule has 8 nitrogen and oxygen atoms in total. The Morgan fingerprint density at radius 3 is 2.60 bits per heavy atom. The summed E-state index contributed by atoms with van der Waals surface area (Å²) < 4.78 is 12.2. The SMILES string of the molecule is COc1ccc(CNC(=O)C(C)Sc2nnnn2C(C)C)cc1OC. The highest BCUT2D eigenvalue weighted by atomic mass is 32.2. The van der Waals surface area contributed by atoms with E-state index in [2.05, 4.69) is 20.8 Å². The first kappa shape index (κ1) is 19.0. The van der Waals surface area contributed by atoms with Crippen LogP contribution < -0.4 is 14.8 Å². The van der Waals surface area contributed by atoms with Gasteiger partial charge in [0.1, 0.15) is 0 Å². The molecule has 0 fully saturated rings. The second-order valence-electron chi connectivity index (χ2n) is 5.67. The summed E-state index contributed by atoms with van der Waals surface area (Å²) >= 11 is 1.33. The third-order valence-electron chi connectivity index (χ3n) is 3.52. The Labute approximate surface area is 151 Å². The van der Waals surface area contributed by atoms with E-state index in [1.54, 1.807) is 18.9 Å². The fraction of sp³-hybridized carbons (Fsp3) is 0.500. The molecule has 1 atom stereocenters. The summed E-state index contributed by atoms with van der Waals surface area (Å²) in [5, 5.41) is 14.8. The first-order valence-corrected chi connectivity index (χ1v) is 8.77. The molecule has 9 heteroatoms. The van der Waals surface area contributed by atoms with Gasteiger partial charge in [-0.05, 0) is 48.9 Å². The van der Waals surface area contributed by atoms with Gasteiger partial charge in [0.2, 0.25) is 11.1 Å². The van der Waals surface area contributed by atoms with E-state index in [1.807, 2.05) is 39.0 Å². The number of methoxy groups -OCH3 is 2. The monoisotopic (exact) mass is 365 g/mol. The Morgan fingerprint density at radius 1 is 1.24 bits per heavy atom. The normalized spacial score (nSPS) is 12.1. The standard InChI is InChI=1S/C16H23N5O3S/c1-10(2)21-16(18-19-20-21)25-11(3)15(22)17-9-12-6-7-13(23-4)14(8-12)24-5/h6-8,10-11H,9H2,1-5H3,(H,17,22). The molecule has 1 heterocycles. The fourth-order valence-corrected chi connectivity index (χ4v) is 3.07. The molecule has 1 N–H and O–H groups in total. The molecule has 1 aromatic heterocycles. The number of hydrogen-bond donors (Lipinski definition) is 1. The zero-order chi connectivity index (χ0) is 18.4. The van der Waals surface area contributed by atoms with Crippen LogP contribution in [0, 0.1) is 0 Å². The van der Waals surface area contributed by atoms with Crippen LogP contribution >= 0.6 is 11.8 Å². The van der Waals surface area contributed by atoms with Gasteiger partial charge in [-0.1, -0.05) is 17.8 Å². The molecule has 0 saturated carbocycles. The van der Waals surface area contributed by atoms with Crippen LogP contribution in [0.15, 0.2) is 23.4 Å². The minimum Gasteiger partial charge on any atom is -0.493 e. The van der Waals surface area contributed by atoms with Crippen molar-refractivity contribution in [1.82, 2.24) is 25.5 Å². The molecule has 136 valence electrons. The maximum Gasteiger partial charge on any atom is 0.233 e. The number of thioether (sulfide) groups is 1. The number of carbonyl (C=O) groups is 1. The highest BCUT2D eigenvalue weighted by Gasteiger charge is 2.19. The molecule has 1 aromatic carbocycles. The zero-order valence-corrected chi connectivity index (χ0v) is 15.8. The number of nitrogens with zero attached hydrogens (tertiary/aromatic N) is 4. The number of aromatic nitrogens is 4. The molecule has 0 bridgehead atoms. The van der Waals surface area contributed by atoms with Crippen LogP contribution in [0.1, 0.15) is 32.4 Å². The van der Waals surface area contributed by atoms with Crippen molar-refractivity contribution in [1.29, 1.82) is 0 Å². The van der Waals surface area contributed by atoms with Crippen LogP contribution in [0.25, 0.3) is 0 Å². The first-order valence-electron chi connectivity index (χ1n) is 7.89. The van der Waals surface area contributed by atoms with Crippen molar-refractivity contribution < 1.29 is 14.3 Å². The Bertz CT molecular complexity index is 720. The maximum absolute atomic E-state index is 12.3. The lowest BCUT2D eigenvalue weighted by Gasteiger charge is -2.14. The summed E-state index contributed by atoms with van der Waals surface area (Å²) in [6.07, 6.45) is 0. The molecule has 0 saturated heterocycles. The molecular formula is C16H23N5O3S. The van der Waals surface area contributed by atoms with Crippen LogP contribution in [0.4, 0.5) is 0 Å². The van der Waals surface area contributed by atoms with Crippen molar-refractivity contribution >= 4 is 17.7 Å². The third kappa shape index (κ3) is 4.85. The fourth-order valence-electron chi connectivity index (χ4n) is 2.12. The molecule has 2 aromatic rings. The summed E-state index contributed by atoms with van der Waals surface area (Å²) in [5.41, 5.74) is 0.926. The van der Waals surface area contributed by atoms with Gasteiger partial charge in [-0.15, -0.1) is 5.10 Å². The maximum atomic E-state index is 12.3. The number of hydrogen-bond acceptors (Lipinski definition) is 7. The van der Waals surface area contributed by atoms with Crippen LogP contribution in [0.5, 0.6) is 11.5 Å². The summed E-state index contributed by atoms with van der Waals surface area (Å²) in [4.78, 5) is 12.3. The lowest BCUT2D eigenvalue weighted by Crippen LogP contribution is -2.30. The largest absolute Gasteiger partial charge is 0.493 e. The molecule has 25 heavy (non-hydrogen) atoms. The van der Waals surface area contributed by atoms with E-state index < -0.39 is 0 Å². The Balaban J connectivity index is 1.94. The quantitative estimate of drug-likeness (QED) is 0.716. The van der Waals surface area contributed by atoms with Gasteiger partial charge < -0.3 is 14.8 Å². The minimum atomic E-state index is -0.316. The van der Waals surface area contributed by atoms with Gasteiger partial charge in [0.15, 0.2) is 11.5 Å². The van der Waals surface area contributed by atoms with Gasteiger partial charge >= 0.3 is 0 Å². The van der Waals surface area contributed by atoms with Gasteiger partial charge in [0.05, 0.1) is 25.5 Å². The highest BCUT2D eigenvalue weighted by molar-refractivity contribution is 8.00. The van der Waals surface area contributed by atoms with Gasteiger partial charge in [-0.3, -0.25) is 4.79 Å². The molecule has 0 aliphatic carbocycles. The Kier molecular flexibility index (Phi) is 6.63. The highest BCUT2D eigenvalue weighted by Crippen LogP contribution is 2.27. The van der Waals surface area contributed by atoms with Gasteiger partial charge in [0.25, 0.3) is 0 Å². The van der Waals surface area contributed by atoms with Crippen molar-refractivity contribution in [3.63, 3.8) is 0 Å². The second-order valence-corrected chi connectivity index (χ2v) is 6.97. The number of ether oxygens (including phenoxy) is 2. The van der Waals surface area contributed by atoms with E-state index in [0.29, 0.717) is 23.2 Å². The molecule has 1 amide bonds. The Morgan fingerprint density at radius 2 is 1.96 bits per heavy atom. The molecule has 0 aliphatic heterocycles. The summed E-state index contributed by atoms with van der Waals surface area (Å²) in [6, 6.07) is 5.68. The molecule has 2 rings (SSSR count). The summed E-state index contributed by atoms with van der Waals surface area (Å²) in [5.74, 6) is 1.20. The lowest BCUT2D eigenvalue weighted by atomic mass is 10.2. The number of nitrogens with one attached hydrogen (secondary N) is 1. The lowest BCUT2D eigenvalue weighted by molar-refractivity contribution is -0.120. The molecule has 0 aliphatic rings. The van der Waals surface area contributed by atoms with Gasteiger partial charge in [0, 0.05) is 6.54 Å². The van der Waals surface area contributed by atoms with Crippen molar-refractivity contribution in [2.45, 2.75) is 43.8 Å². The predicted molar refractivity (Wildman–Crippen MR) is 94.9 cm³/mol. The van der Waals surface area contributed by atoms with Crippen LogP contribution in [-0.2, 0) is 11.3 Å². The topological polar surface area (TPSA) is 91.2 Å². The molecule has 0 spiro atoms. The van der Waals surface area contributed by atoms with E-state index in [1.165, 1.54) is 11.8 Å². The van der Waals surface area contributed by atoms with Gasteiger partial charge in [-0.25, -0.2) is 4.68 Å². The first-order chi connectivity index (χ1) is 12.0. The average Bonchev–Trinajstić information content (AvgIpc) is 3.07. The van der Waals surface area contributed by atoms with Crippen LogP contribution in [0.3, 0.4) is 0 Å². The molecule has 1 unspecified atom stereocenters. The van der Waals surface area contributed by atoms with E-state index in [4.69, 9.17) is 9.47 Å². The average molecular weight is 365 g/mol. The number of benzene rings is 1. The number of carbonyl (C=O) groups excluding carboxylic acids is 1. The van der Waals surface area contributed by atoms with Crippen molar-refractivity contribution in [3.8, 4) is 11.5 Å². The number of rotatable bonds is 8. The zero-order valence-electron chi connectivity index (χ0n) is 15.0. The van der Waals surface area contributed by atoms with Gasteiger partial charge in [-0.2, -0.15) is 0 Å². The molecule has 0 radical (unpaired) electrons. The Hall–Kier alpha value is -2.29. The van der Waals surface area contributed by atoms with Crippen LogP contribution in [-0.4, -0.2) is 45.6 Å². The van der Waals surface area contributed by atoms with E-state index in [0.717, 1.165) is 5.56 Å². The summed E-state index contributed by atoms with van der Waals surface area (Å²) in [6.45, 7) is 6.21. The van der Waals surface area contributed by atoms with Crippen molar-refractivity contribution in [3.05, 3.63) is 23.8 Å². The second kappa shape index (κ2) is 8.70. The molecular weight excluding hydrogens is 342 g/mol. The predicted octanol–water partition coefficient (Wildman–Crippen LogP) is 2.07. The number of amides is 1. The van der Waals surface area contributed by atoms with Crippen molar-refractivity contribution in [2.75, 3.05) is 14.2 Å². The minimum absolute atomic E-state index is 0.0851. The van der Waals surface area contributed by atoms with E-state index >= 15 is 0 Å². The van der Waals surface area contributed by atoms with Crippen LogP contribution in [0.2, 0.25) is 0 Å². The third-order valence-corrected chi connectivity index (χ3v) is 4.57. The smallest absolute Gasteiger partial charge is 0.233 e. The van der Waals surface area contributed by atoms with Crippen molar-refractivity contribution in [2.24, 2.45) is 0 Å². The van der Waals surface area contributed by atoms with E-state index in [-0.39, 0.29) is 17.2 Å². The number of tetrazole rings is 1. The van der Waals surface area contributed by atoms with E-state index in [9.17, 15) is 4.79 Å².